The third-order valence-electron chi connectivity index (χ3n) is 3.31. The summed E-state index contributed by atoms with van der Waals surface area (Å²) >= 11 is 1.09. The Morgan fingerprint density at radius 2 is 2.21 bits per heavy atom. The average Bonchev–Trinajstić information content (AvgIpc) is 2.87. The van der Waals surface area contributed by atoms with Gasteiger partial charge >= 0.3 is 5.97 Å². The molecule has 1 saturated heterocycles. The SMILES string of the molecule is CC(C)c1nnsc1C(=O)N1CCC[C@H](C(=O)O)C1. The molecule has 1 aromatic heterocycles. The molecule has 1 fully saturated rings. The molecule has 0 saturated carbocycles. The second-order valence-electron chi connectivity index (χ2n) is 5.07. The van der Waals surface area contributed by atoms with Gasteiger partial charge in [0.15, 0.2) is 0 Å². The summed E-state index contributed by atoms with van der Waals surface area (Å²) in [7, 11) is 0. The smallest absolute Gasteiger partial charge is 0.308 e. The molecule has 1 N–H and O–H groups in total. The molecule has 7 heteroatoms. The molecule has 0 aromatic carbocycles. The molecular weight excluding hydrogens is 266 g/mol. The van der Waals surface area contributed by atoms with E-state index in [4.69, 9.17) is 5.11 Å². The summed E-state index contributed by atoms with van der Waals surface area (Å²) in [6.07, 6.45) is 1.36. The molecule has 1 aliphatic rings. The number of hydrogen-bond acceptors (Lipinski definition) is 5. The van der Waals surface area contributed by atoms with E-state index in [1.165, 1.54) is 0 Å². The molecule has 1 aromatic rings. The first kappa shape index (κ1) is 13.9. The van der Waals surface area contributed by atoms with Crippen molar-refractivity contribution in [1.29, 1.82) is 0 Å². The van der Waals surface area contributed by atoms with Crippen molar-refractivity contribution in [2.45, 2.75) is 32.6 Å². The van der Waals surface area contributed by atoms with Crippen molar-refractivity contribution >= 4 is 23.4 Å². The van der Waals surface area contributed by atoms with E-state index in [0.29, 0.717) is 23.5 Å². The zero-order valence-corrected chi connectivity index (χ0v) is 11.8. The summed E-state index contributed by atoms with van der Waals surface area (Å²) in [5.74, 6) is -1.28. The first-order valence-corrected chi connectivity index (χ1v) is 7.12. The number of carboxylic acid groups (broad SMARTS) is 1. The summed E-state index contributed by atoms with van der Waals surface area (Å²) in [6, 6.07) is 0. The zero-order chi connectivity index (χ0) is 14.0. The molecule has 0 radical (unpaired) electrons. The standard InChI is InChI=1S/C12H17N3O3S/c1-7(2)9-10(19-14-13-9)11(16)15-5-3-4-8(6-15)12(17)18/h7-8H,3-6H2,1-2H3,(H,17,18)/t8-/m0/s1. The highest BCUT2D eigenvalue weighted by Crippen LogP contribution is 2.24. The third-order valence-corrected chi connectivity index (χ3v) is 4.04. The van der Waals surface area contributed by atoms with Crippen LogP contribution >= 0.6 is 11.5 Å². The molecule has 104 valence electrons. The molecule has 0 aliphatic carbocycles. The first-order chi connectivity index (χ1) is 9.00. The summed E-state index contributed by atoms with van der Waals surface area (Å²) in [4.78, 5) is 25.6. The number of hydrogen-bond donors (Lipinski definition) is 1. The number of amides is 1. The van der Waals surface area contributed by atoms with Crippen LogP contribution in [0.5, 0.6) is 0 Å². The third kappa shape index (κ3) is 2.91. The van der Waals surface area contributed by atoms with E-state index < -0.39 is 11.9 Å². The summed E-state index contributed by atoms with van der Waals surface area (Å²) < 4.78 is 3.84. The number of aliphatic carboxylic acids is 1. The van der Waals surface area contributed by atoms with Crippen LogP contribution in [0.2, 0.25) is 0 Å². The van der Waals surface area contributed by atoms with Crippen molar-refractivity contribution in [2.75, 3.05) is 13.1 Å². The minimum atomic E-state index is -0.830. The molecule has 0 bridgehead atoms. The quantitative estimate of drug-likeness (QED) is 0.911. The predicted molar refractivity (Wildman–Crippen MR) is 70.3 cm³/mol. The Balaban J connectivity index is 2.15. The number of piperidine rings is 1. The molecule has 0 spiro atoms. The van der Waals surface area contributed by atoms with Gasteiger partial charge in [-0.2, -0.15) is 0 Å². The Kier molecular flexibility index (Phi) is 4.14. The van der Waals surface area contributed by atoms with Crippen molar-refractivity contribution in [3.8, 4) is 0 Å². The van der Waals surface area contributed by atoms with E-state index in [2.05, 4.69) is 9.59 Å². The monoisotopic (exact) mass is 283 g/mol. The van der Waals surface area contributed by atoms with E-state index in [-0.39, 0.29) is 18.4 Å². The minimum absolute atomic E-state index is 0.135. The highest BCUT2D eigenvalue weighted by molar-refractivity contribution is 7.08. The van der Waals surface area contributed by atoms with Crippen molar-refractivity contribution in [2.24, 2.45) is 5.92 Å². The molecule has 1 atom stereocenters. The van der Waals surface area contributed by atoms with Crippen LogP contribution in [0, 0.1) is 5.92 Å². The minimum Gasteiger partial charge on any atom is -0.481 e. The van der Waals surface area contributed by atoms with E-state index in [0.717, 1.165) is 18.0 Å². The average molecular weight is 283 g/mol. The van der Waals surface area contributed by atoms with Crippen molar-refractivity contribution in [3.63, 3.8) is 0 Å². The Morgan fingerprint density at radius 1 is 1.47 bits per heavy atom. The number of carboxylic acids is 1. The fourth-order valence-electron chi connectivity index (χ4n) is 2.23. The maximum atomic E-state index is 12.4. The Bertz CT molecular complexity index is 486. The van der Waals surface area contributed by atoms with Gasteiger partial charge in [-0.3, -0.25) is 9.59 Å². The molecule has 0 unspecified atom stereocenters. The second-order valence-corrected chi connectivity index (χ2v) is 5.82. The largest absolute Gasteiger partial charge is 0.481 e. The van der Waals surface area contributed by atoms with Gasteiger partial charge in [-0.25, -0.2) is 0 Å². The van der Waals surface area contributed by atoms with Gasteiger partial charge in [-0.15, -0.1) is 5.10 Å². The Hall–Kier alpha value is -1.50. The van der Waals surface area contributed by atoms with Gasteiger partial charge < -0.3 is 10.0 Å². The lowest BCUT2D eigenvalue weighted by Crippen LogP contribution is -2.42. The van der Waals surface area contributed by atoms with Crippen molar-refractivity contribution < 1.29 is 14.7 Å². The van der Waals surface area contributed by atoms with Gasteiger partial charge in [0.05, 0.1) is 11.6 Å². The van der Waals surface area contributed by atoms with Crippen molar-refractivity contribution in [1.82, 2.24) is 14.5 Å². The van der Waals surface area contributed by atoms with E-state index >= 15 is 0 Å². The van der Waals surface area contributed by atoms with Gasteiger partial charge in [0.2, 0.25) is 0 Å². The van der Waals surface area contributed by atoms with Crippen LogP contribution in [-0.4, -0.2) is 44.6 Å². The van der Waals surface area contributed by atoms with Gasteiger partial charge in [-0.1, -0.05) is 18.3 Å². The van der Waals surface area contributed by atoms with Crippen LogP contribution in [0.3, 0.4) is 0 Å². The Labute approximate surface area is 115 Å². The lowest BCUT2D eigenvalue weighted by molar-refractivity contribution is -0.143. The maximum absolute atomic E-state index is 12.4. The van der Waals surface area contributed by atoms with E-state index in [1.54, 1.807) is 4.90 Å². The van der Waals surface area contributed by atoms with E-state index in [1.807, 2.05) is 13.8 Å². The number of likely N-dealkylation sites (tertiary alicyclic amines) is 1. The van der Waals surface area contributed by atoms with Crippen LogP contribution in [0.25, 0.3) is 0 Å². The lowest BCUT2D eigenvalue weighted by atomic mass is 9.98. The van der Waals surface area contributed by atoms with Gasteiger partial charge in [0.25, 0.3) is 5.91 Å². The van der Waals surface area contributed by atoms with Gasteiger partial charge in [-0.05, 0) is 30.3 Å². The number of nitrogens with zero attached hydrogens (tertiary/aromatic N) is 3. The molecule has 1 amide bonds. The highest BCUT2D eigenvalue weighted by Gasteiger charge is 2.31. The molecule has 6 nitrogen and oxygen atoms in total. The second kappa shape index (κ2) is 5.64. The van der Waals surface area contributed by atoms with Crippen LogP contribution in [0.4, 0.5) is 0 Å². The first-order valence-electron chi connectivity index (χ1n) is 6.35. The van der Waals surface area contributed by atoms with Crippen molar-refractivity contribution in [3.05, 3.63) is 10.6 Å². The summed E-state index contributed by atoms with van der Waals surface area (Å²) in [5, 5.41) is 13.0. The zero-order valence-electron chi connectivity index (χ0n) is 11.0. The fraction of sp³-hybridized carbons (Fsp3) is 0.667. The van der Waals surface area contributed by atoms with Crippen LogP contribution in [-0.2, 0) is 4.79 Å². The molecule has 19 heavy (non-hydrogen) atoms. The predicted octanol–water partition coefficient (Wildman–Crippen LogP) is 1.60. The Morgan fingerprint density at radius 3 is 2.84 bits per heavy atom. The van der Waals surface area contributed by atoms with Crippen LogP contribution in [0.15, 0.2) is 0 Å². The summed E-state index contributed by atoms with van der Waals surface area (Å²) in [5.41, 5.74) is 0.701. The number of carbonyl (C=O) groups is 2. The molecular formula is C12H17N3O3S. The topological polar surface area (TPSA) is 83.4 Å². The number of aromatic nitrogens is 2. The number of carbonyl (C=O) groups excluding carboxylic acids is 1. The van der Waals surface area contributed by atoms with Gasteiger partial charge in [0, 0.05) is 13.1 Å². The molecule has 2 heterocycles. The van der Waals surface area contributed by atoms with E-state index in [9.17, 15) is 9.59 Å². The highest BCUT2D eigenvalue weighted by atomic mass is 32.1. The normalized spacial score (nSPS) is 19.7. The molecule has 1 aliphatic heterocycles. The summed E-state index contributed by atoms with van der Waals surface area (Å²) in [6.45, 7) is 4.81. The maximum Gasteiger partial charge on any atom is 0.308 e. The lowest BCUT2D eigenvalue weighted by Gasteiger charge is -2.30. The van der Waals surface area contributed by atoms with Gasteiger partial charge in [0.1, 0.15) is 4.88 Å². The number of rotatable bonds is 3. The van der Waals surface area contributed by atoms with Crippen LogP contribution in [0.1, 0.15) is 48.0 Å². The fourth-order valence-corrected chi connectivity index (χ4v) is 3.02. The molecule has 2 rings (SSSR count). The van der Waals surface area contributed by atoms with Crippen LogP contribution < -0.4 is 0 Å².